The van der Waals surface area contributed by atoms with Crippen molar-refractivity contribution in [2.75, 3.05) is 17.7 Å². The molecular weight excluding hydrogens is 339 g/mol. The second kappa shape index (κ2) is 7.76. The molecule has 0 aliphatic rings. The monoisotopic (exact) mass is 356 g/mol. The van der Waals surface area contributed by atoms with E-state index in [1.807, 2.05) is 24.3 Å². The van der Waals surface area contributed by atoms with Gasteiger partial charge in [-0.2, -0.15) is 5.10 Å². The van der Waals surface area contributed by atoms with E-state index in [2.05, 4.69) is 15.7 Å². The normalized spacial score (nSPS) is 10.3. The van der Waals surface area contributed by atoms with Crippen molar-refractivity contribution < 1.29 is 9.13 Å². The van der Waals surface area contributed by atoms with Crippen molar-refractivity contribution >= 4 is 28.8 Å². The molecule has 0 fully saturated rings. The van der Waals surface area contributed by atoms with Crippen molar-refractivity contribution in [1.29, 1.82) is 0 Å². The lowest BCUT2D eigenvalue weighted by Crippen LogP contribution is -2.20. The van der Waals surface area contributed by atoms with Crippen LogP contribution in [0.15, 0.2) is 60.8 Å². The number of aromatic nitrogens is 2. The maximum Gasteiger partial charge on any atom is 0.176 e. The minimum atomic E-state index is -0.249. The second-order valence-electron chi connectivity index (χ2n) is 5.27. The molecule has 0 saturated carbocycles. The van der Waals surface area contributed by atoms with Crippen molar-refractivity contribution in [2.45, 2.75) is 6.54 Å². The molecule has 1 aromatic heterocycles. The van der Waals surface area contributed by atoms with Gasteiger partial charge in [0.15, 0.2) is 10.9 Å². The number of thiocarbonyl (C=S) groups is 1. The highest BCUT2D eigenvalue weighted by atomic mass is 32.1. The molecule has 0 spiro atoms. The van der Waals surface area contributed by atoms with Gasteiger partial charge >= 0.3 is 0 Å². The Balaban J connectivity index is 1.63. The molecule has 3 aromatic rings. The van der Waals surface area contributed by atoms with Crippen molar-refractivity contribution in [1.82, 2.24) is 9.78 Å². The topological polar surface area (TPSA) is 51.1 Å². The summed E-state index contributed by atoms with van der Waals surface area (Å²) < 4.78 is 20.6. The summed E-state index contributed by atoms with van der Waals surface area (Å²) in [6.45, 7) is 0.348. The van der Waals surface area contributed by atoms with Crippen molar-refractivity contribution in [3.8, 4) is 5.75 Å². The van der Waals surface area contributed by atoms with Crippen LogP contribution in [0.4, 0.5) is 15.9 Å². The van der Waals surface area contributed by atoms with E-state index in [1.54, 1.807) is 42.3 Å². The summed E-state index contributed by atoms with van der Waals surface area (Å²) in [5.74, 6) is 1.02. The average molecular weight is 356 g/mol. The number of anilines is 2. The summed E-state index contributed by atoms with van der Waals surface area (Å²) in [7, 11) is 1.60. The zero-order chi connectivity index (χ0) is 17.6. The molecule has 0 aliphatic heterocycles. The van der Waals surface area contributed by atoms with Gasteiger partial charge in [-0.15, -0.1) is 0 Å². The van der Waals surface area contributed by atoms with Crippen LogP contribution in [0, 0.1) is 5.82 Å². The molecule has 0 aliphatic carbocycles. The molecule has 25 heavy (non-hydrogen) atoms. The standard InChI is InChI=1S/C18H17FN4OS/c1-24-16-9-5-4-8-15(16)20-18(25)21-17-10-11-23(22-17)12-13-6-2-3-7-14(13)19/h2-11H,12H2,1H3,(H2,20,21,22,25). The molecule has 3 rings (SSSR count). The summed E-state index contributed by atoms with van der Waals surface area (Å²) in [4.78, 5) is 0. The SMILES string of the molecule is COc1ccccc1NC(=S)Nc1ccn(Cc2ccccc2F)n1. The van der Waals surface area contributed by atoms with Gasteiger partial charge in [0.1, 0.15) is 11.6 Å². The molecule has 0 atom stereocenters. The van der Waals surface area contributed by atoms with Gasteiger partial charge in [0.2, 0.25) is 0 Å². The zero-order valence-corrected chi connectivity index (χ0v) is 14.4. The largest absolute Gasteiger partial charge is 0.495 e. The molecule has 2 N–H and O–H groups in total. The molecule has 2 aromatic carbocycles. The summed E-state index contributed by atoms with van der Waals surface area (Å²) >= 11 is 5.30. The van der Waals surface area contributed by atoms with E-state index in [-0.39, 0.29) is 5.82 Å². The number of rotatable bonds is 5. The number of halogens is 1. The Kier molecular flexibility index (Phi) is 5.25. The maximum absolute atomic E-state index is 13.7. The average Bonchev–Trinajstić information content (AvgIpc) is 3.04. The van der Waals surface area contributed by atoms with Gasteiger partial charge in [-0.3, -0.25) is 4.68 Å². The van der Waals surface area contributed by atoms with E-state index in [0.717, 1.165) is 5.69 Å². The highest BCUT2D eigenvalue weighted by Crippen LogP contribution is 2.23. The molecule has 128 valence electrons. The molecule has 0 amide bonds. The Hall–Kier alpha value is -2.93. The van der Waals surface area contributed by atoms with Gasteiger partial charge in [0.05, 0.1) is 19.3 Å². The van der Waals surface area contributed by atoms with Crippen molar-refractivity contribution in [2.24, 2.45) is 0 Å². The fourth-order valence-corrected chi connectivity index (χ4v) is 2.55. The number of nitrogens with zero attached hydrogens (tertiary/aromatic N) is 2. The summed E-state index contributed by atoms with van der Waals surface area (Å²) in [5.41, 5.74) is 1.33. The maximum atomic E-state index is 13.7. The lowest BCUT2D eigenvalue weighted by molar-refractivity contribution is 0.417. The van der Waals surface area contributed by atoms with Gasteiger partial charge in [0.25, 0.3) is 0 Å². The van der Waals surface area contributed by atoms with Crippen LogP contribution in [0.5, 0.6) is 5.75 Å². The van der Waals surface area contributed by atoms with E-state index in [0.29, 0.717) is 28.8 Å². The van der Waals surface area contributed by atoms with Crippen LogP contribution in [0.1, 0.15) is 5.56 Å². The van der Waals surface area contributed by atoms with Gasteiger partial charge in [-0.1, -0.05) is 30.3 Å². The minimum absolute atomic E-state index is 0.249. The molecular formula is C18H17FN4OS. The van der Waals surface area contributed by atoms with Gasteiger partial charge in [0, 0.05) is 17.8 Å². The molecule has 1 heterocycles. The molecule has 5 nitrogen and oxygen atoms in total. The summed E-state index contributed by atoms with van der Waals surface area (Å²) in [6, 6.07) is 15.9. The predicted octanol–water partition coefficient (Wildman–Crippen LogP) is 3.89. The molecule has 0 radical (unpaired) electrons. The number of para-hydroxylation sites is 2. The number of hydrogen-bond acceptors (Lipinski definition) is 3. The van der Waals surface area contributed by atoms with Crippen LogP contribution in [0.2, 0.25) is 0 Å². The first-order chi connectivity index (χ1) is 12.2. The van der Waals surface area contributed by atoms with Gasteiger partial charge in [-0.25, -0.2) is 4.39 Å². The number of hydrogen-bond donors (Lipinski definition) is 2. The number of methoxy groups -OCH3 is 1. The number of ether oxygens (including phenoxy) is 1. The Labute approximate surface area is 150 Å². The Morgan fingerprint density at radius 2 is 1.88 bits per heavy atom. The third-order valence-corrected chi connectivity index (χ3v) is 3.73. The Morgan fingerprint density at radius 3 is 2.68 bits per heavy atom. The van der Waals surface area contributed by atoms with Crippen molar-refractivity contribution in [3.05, 3.63) is 72.2 Å². The Morgan fingerprint density at radius 1 is 1.12 bits per heavy atom. The number of nitrogens with one attached hydrogen (secondary N) is 2. The predicted molar refractivity (Wildman–Crippen MR) is 101 cm³/mol. The first-order valence-corrected chi connectivity index (χ1v) is 8.04. The molecule has 0 bridgehead atoms. The van der Waals surface area contributed by atoms with E-state index >= 15 is 0 Å². The lowest BCUT2D eigenvalue weighted by atomic mass is 10.2. The number of benzene rings is 2. The molecule has 0 unspecified atom stereocenters. The van der Waals surface area contributed by atoms with E-state index in [1.165, 1.54) is 6.07 Å². The quantitative estimate of drug-likeness (QED) is 0.680. The third-order valence-electron chi connectivity index (χ3n) is 3.53. The zero-order valence-electron chi connectivity index (χ0n) is 13.6. The minimum Gasteiger partial charge on any atom is -0.495 e. The van der Waals surface area contributed by atoms with Crippen LogP contribution >= 0.6 is 12.2 Å². The van der Waals surface area contributed by atoms with E-state index in [9.17, 15) is 4.39 Å². The fourth-order valence-electron chi connectivity index (χ4n) is 2.34. The Bertz CT molecular complexity index is 881. The van der Waals surface area contributed by atoms with Crippen LogP contribution < -0.4 is 15.4 Å². The third kappa shape index (κ3) is 4.33. The first-order valence-electron chi connectivity index (χ1n) is 7.63. The molecule has 0 saturated heterocycles. The molecule has 7 heteroatoms. The van der Waals surface area contributed by atoms with Crippen LogP contribution in [-0.4, -0.2) is 22.0 Å². The van der Waals surface area contributed by atoms with Crippen LogP contribution in [0.3, 0.4) is 0 Å². The van der Waals surface area contributed by atoms with Gasteiger partial charge in [-0.05, 0) is 30.4 Å². The lowest BCUT2D eigenvalue weighted by Gasteiger charge is -2.12. The van der Waals surface area contributed by atoms with E-state index in [4.69, 9.17) is 17.0 Å². The second-order valence-corrected chi connectivity index (χ2v) is 5.68. The highest BCUT2D eigenvalue weighted by Gasteiger charge is 2.07. The summed E-state index contributed by atoms with van der Waals surface area (Å²) in [6.07, 6.45) is 1.76. The van der Waals surface area contributed by atoms with Crippen LogP contribution in [-0.2, 0) is 6.54 Å². The van der Waals surface area contributed by atoms with Crippen LogP contribution in [0.25, 0.3) is 0 Å². The fraction of sp³-hybridized carbons (Fsp3) is 0.111. The summed E-state index contributed by atoms with van der Waals surface area (Å²) in [5, 5.41) is 10.8. The van der Waals surface area contributed by atoms with Crippen molar-refractivity contribution in [3.63, 3.8) is 0 Å². The first kappa shape index (κ1) is 16.9. The van der Waals surface area contributed by atoms with E-state index < -0.39 is 0 Å². The van der Waals surface area contributed by atoms with Gasteiger partial charge < -0.3 is 15.4 Å². The smallest absolute Gasteiger partial charge is 0.176 e. The highest BCUT2D eigenvalue weighted by molar-refractivity contribution is 7.80.